The average molecular weight is 219 g/mol. The van der Waals surface area contributed by atoms with Crippen LogP contribution >= 0.6 is 0 Å². The maximum Gasteiger partial charge on any atom is 0.407 e. The molecule has 0 saturated carbocycles. The van der Waals surface area contributed by atoms with Crippen molar-refractivity contribution in [1.82, 2.24) is 4.90 Å². The Morgan fingerprint density at radius 2 is 1.94 bits per heavy atom. The number of amides is 1. The largest absolute Gasteiger partial charge is 0.465 e. The number of nitrogens with zero attached hydrogens (tertiary/aromatic N) is 1. The van der Waals surface area contributed by atoms with E-state index < -0.39 is 6.09 Å². The highest BCUT2D eigenvalue weighted by atomic mass is 16.4. The van der Waals surface area contributed by atoms with E-state index in [1.54, 1.807) is 0 Å². The first-order valence-electron chi connectivity index (χ1n) is 5.53. The Labute approximate surface area is 95.7 Å². The molecule has 0 bridgehead atoms. The molecule has 86 valence electrons. The minimum atomic E-state index is -0.829. The molecule has 1 amide bonds. The molecule has 1 aliphatic heterocycles. The van der Waals surface area contributed by atoms with Gasteiger partial charge < -0.3 is 10.0 Å². The predicted molar refractivity (Wildman–Crippen MR) is 62.4 cm³/mol. The van der Waals surface area contributed by atoms with Gasteiger partial charge in [0.05, 0.1) is 0 Å². The quantitative estimate of drug-likeness (QED) is 0.728. The van der Waals surface area contributed by atoms with Gasteiger partial charge in [0, 0.05) is 13.1 Å². The van der Waals surface area contributed by atoms with E-state index in [1.807, 2.05) is 18.2 Å². The highest BCUT2D eigenvalue weighted by Crippen LogP contribution is 2.29. The fraction of sp³-hybridized carbons (Fsp3) is 0.462. The van der Waals surface area contributed by atoms with Crippen molar-refractivity contribution in [3.8, 4) is 0 Å². The zero-order chi connectivity index (χ0) is 11.8. The summed E-state index contributed by atoms with van der Waals surface area (Å²) in [6, 6.07) is 8.11. The highest BCUT2D eigenvalue weighted by Gasteiger charge is 2.29. The SMILES string of the molecule is CC1(C)Cc2ccccc2CN(C(=O)O)C1. The molecule has 1 heterocycles. The van der Waals surface area contributed by atoms with Gasteiger partial charge in [-0.1, -0.05) is 38.1 Å². The number of rotatable bonds is 0. The second kappa shape index (κ2) is 3.81. The molecular weight excluding hydrogens is 202 g/mol. The van der Waals surface area contributed by atoms with Gasteiger partial charge in [-0.25, -0.2) is 4.79 Å². The Hall–Kier alpha value is -1.51. The molecule has 0 atom stereocenters. The third-order valence-electron chi connectivity index (χ3n) is 3.04. The zero-order valence-electron chi connectivity index (χ0n) is 9.73. The topological polar surface area (TPSA) is 40.5 Å². The van der Waals surface area contributed by atoms with Crippen molar-refractivity contribution in [1.29, 1.82) is 0 Å². The van der Waals surface area contributed by atoms with Crippen molar-refractivity contribution < 1.29 is 9.90 Å². The van der Waals surface area contributed by atoms with Crippen molar-refractivity contribution in [3.63, 3.8) is 0 Å². The Morgan fingerprint density at radius 3 is 2.56 bits per heavy atom. The Morgan fingerprint density at radius 1 is 1.31 bits per heavy atom. The van der Waals surface area contributed by atoms with Gasteiger partial charge in [-0.3, -0.25) is 0 Å². The molecule has 1 aromatic carbocycles. The molecule has 0 radical (unpaired) electrons. The monoisotopic (exact) mass is 219 g/mol. The summed E-state index contributed by atoms with van der Waals surface area (Å²) in [5.41, 5.74) is 2.41. The van der Waals surface area contributed by atoms with E-state index in [2.05, 4.69) is 19.9 Å². The third-order valence-corrected chi connectivity index (χ3v) is 3.04. The maximum absolute atomic E-state index is 11.1. The van der Waals surface area contributed by atoms with Gasteiger partial charge in [0.15, 0.2) is 0 Å². The highest BCUT2D eigenvalue weighted by molar-refractivity contribution is 5.65. The Kier molecular flexibility index (Phi) is 2.62. The molecular formula is C13H17NO2. The molecule has 1 N–H and O–H groups in total. The number of hydrogen-bond donors (Lipinski definition) is 1. The van der Waals surface area contributed by atoms with Crippen LogP contribution in [-0.4, -0.2) is 22.6 Å². The van der Waals surface area contributed by atoms with Gasteiger partial charge in [0.2, 0.25) is 0 Å². The van der Waals surface area contributed by atoms with Crippen LogP contribution < -0.4 is 0 Å². The first-order chi connectivity index (χ1) is 7.48. The number of benzene rings is 1. The van der Waals surface area contributed by atoms with Crippen molar-refractivity contribution in [3.05, 3.63) is 35.4 Å². The minimum absolute atomic E-state index is 0.00495. The fourth-order valence-corrected chi connectivity index (χ4v) is 2.37. The Balaban J connectivity index is 2.39. The molecule has 3 heteroatoms. The first-order valence-corrected chi connectivity index (χ1v) is 5.53. The van der Waals surface area contributed by atoms with Crippen LogP contribution in [0, 0.1) is 5.41 Å². The fourth-order valence-electron chi connectivity index (χ4n) is 2.37. The molecule has 2 rings (SSSR count). The maximum atomic E-state index is 11.1. The van der Waals surface area contributed by atoms with E-state index in [1.165, 1.54) is 10.5 Å². The molecule has 0 spiro atoms. The van der Waals surface area contributed by atoms with Crippen LogP contribution in [0.25, 0.3) is 0 Å². The van der Waals surface area contributed by atoms with Crippen molar-refractivity contribution in [2.45, 2.75) is 26.8 Å². The van der Waals surface area contributed by atoms with Gasteiger partial charge in [0.1, 0.15) is 0 Å². The second-order valence-corrected chi connectivity index (χ2v) is 5.25. The van der Waals surface area contributed by atoms with E-state index in [0.717, 1.165) is 12.0 Å². The summed E-state index contributed by atoms with van der Waals surface area (Å²) in [4.78, 5) is 12.6. The number of carbonyl (C=O) groups is 1. The molecule has 3 nitrogen and oxygen atoms in total. The van der Waals surface area contributed by atoms with Crippen LogP contribution in [0.15, 0.2) is 24.3 Å². The number of carboxylic acid groups (broad SMARTS) is 1. The summed E-state index contributed by atoms with van der Waals surface area (Å²) in [6.07, 6.45) is 0.109. The third kappa shape index (κ3) is 2.18. The van der Waals surface area contributed by atoms with E-state index in [-0.39, 0.29) is 5.41 Å². The van der Waals surface area contributed by atoms with Crippen LogP contribution in [0.3, 0.4) is 0 Å². The smallest absolute Gasteiger partial charge is 0.407 e. The summed E-state index contributed by atoms with van der Waals surface area (Å²) >= 11 is 0. The molecule has 1 aliphatic rings. The standard InChI is InChI=1S/C13H17NO2/c1-13(2)7-10-5-3-4-6-11(10)8-14(9-13)12(15)16/h3-6H,7-9H2,1-2H3,(H,15,16). The first kappa shape index (κ1) is 11.0. The summed E-state index contributed by atoms with van der Waals surface area (Å²) in [7, 11) is 0. The number of hydrogen-bond acceptors (Lipinski definition) is 1. The van der Waals surface area contributed by atoms with Gasteiger partial charge in [0.25, 0.3) is 0 Å². The van der Waals surface area contributed by atoms with Gasteiger partial charge >= 0.3 is 6.09 Å². The average Bonchev–Trinajstić information content (AvgIpc) is 2.31. The van der Waals surface area contributed by atoms with E-state index in [9.17, 15) is 4.79 Å². The minimum Gasteiger partial charge on any atom is -0.465 e. The molecule has 1 aromatic rings. The molecule has 0 unspecified atom stereocenters. The molecule has 0 fully saturated rings. The lowest BCUT2D eigenvalue weighted by Gasteiger charge is -2.27. The van der Waals surface area contributed by atoms with E-state index >= 15 is 0 Å². The predicted octanol–water partition coefficient (Wildman–Crippen LogP) is 2.75. The van der Waals surface area contributed by atoms with E-state index in [4.69, 9.17) is 5.11 Å². The lowest BCUT2D eigenvalue weighted by molar-refractivity contribution is 0.122. The molecule has 0 aromatic heterocycles. The summed E-state index contributed by atoms with van der Waals surface area (Å²) in [6.45, 7) is 5.34. The van der Waals surface area contributed by atoms with Crippen molar-refractivity contribution >= 4 is 6.09 Å². The molecule has 0 aliphatic carbocycles. The normalized spacial score (nSPS) is 18.8. The lowest BCUT2D eigenvalue weighted by Crippen LogP contribution is -2.36. The van der Waals surface area contributed by atoms with Gasteiger partial charge in [-0.2, -0.15) is 0 Å². The van der Waals surface area contributed by atoms with Crippen LogP contribution in [0.1, 0.15) is 25.0 Å². The van der Waals surface area contributed by atoms with Gasteiger partial charge in [-0.15, -0.1) is 0 Å². The van der Waals surface area contributed by atoms with Crippen molar-refractivity contribution in [2.24, 2.45) is 5.41 Å². The zero-order valence-corrected chi connectivity index (χ0v) is 9.73. The van der Waals surface area contributed by atoms with Gasteiger partial charge in [-0.05, 0) is 23.0 Å². The summed E-state index contributed by atoms with van der Waals surface area (Å²) in [5, 5.41) is 9.15. The lowest BCUT2D eigenvalue weighted by atomic mass is 9.85. The van der Waals surface area contributed by atoms with Crippen LogP contribution in [-0.2, 0) is 13.0 Å². The second-order valence-electron chi connectivity index (χ2n) is 5.25. The molecule has 0 saturated heterocycles. The van der Waals surface area contributed by atoms with Crippen molar-refractivity contribution in [2.75, 3.05) is 6.54 Å². The van der Waals surface area contributed by atoms with Crippen LogP contribution in [0.5, 0.6) is 0 Å². The number of fused-ring (bicyclic) bond motifs is 1. The Bertz CT molecular complexity index is 412. The van der Waals surface area contributed by atoms with E-state index in [0.29, 0.717) is 13.1 Å². The molecule has 16 heavy (non-hydrogen) atoms. The van der Waals surface area contributed by atoms with Crippen LogP contribution in [0.4, 0.5) is 4.79 Å². The summed E-state index contributed by atoms with van der Waals surface area (Å²) in [5.74, 6) is 0. The summed E-state index contributed by atoms with van der Waals surface area (Å²) < 4.78 is 0. The van der Waals surface area contributed by atoms with Crippen LogP contribution in [0.2, 0.25) is 0 Å².